The third-order valence-corrected chi connectivity index (χ3v) is 8.96. The number of nitrogens with zero attached hydrogens (tertiary/aromatic N) is 3. The van der Waals surface area contributed by atoms with Crippen molar-refractivity contribution in [2.45, 2.75) is 36.8 Å². The number of amides is 1. The summed E-state index contributed by atoms with van der Waals surface area (Å²) in [5, 5.41) is 0. The van der Waals surface area contributed by atoms with E-state index in [9.17, 15) is 9.35 Å². The zero-order valence-electron chi connectivity index (χ0n) is 23.0. The van der Waals surface area contributed by atoms with Crippen LogP contribution in [0.4, 0.5) is 0 Å². The lowest BCUT2D eigenvalue weighted by molar-refractivity contribution is 0.0339. The molecule has 2 fully saturated rings. The maximum absolute atomic E-state index is 13.5. The fourth-order valence-corrected chi connectivity index (χ4v) is 6.89. The molecule has 10 heteroatoms. The fourth-order valence-electron chi connectivity index (χ4n) is 5.43. The number of carbonyl (C=O) groups is 1. The van der Waals surface area contributed by atoms with Crippen molar-refractivity contribution in [3.63, 3.8) is 0 Å². The molecule has 0 radical (unpaired) electrons. The number of likely N-dealkylation sites (tertiary alicyclic amines) is 1. The Balaban J connectivity index is 1.26. The first-order valence-electron chi connectivity index (χ1n) is 13.4. The molecule has 2 saturated heterocycles. The van der Waals surface area contributed by atoms with Gasteiger partial charge in [0.15, 0.2) is 5.75 Å². The van der Waals surface area contributed by atoms with Gasteiger partial charge in [-0.25, -0.2) is 0 Å². The zero-order valence-corrected chi connectivity index (χ0v) is 23.8. The molecular formula is C30H35N3O6S. The van der Waals surface area contributed by atoms with Crippen LogP contribution in [0.2, 0.25) is 0 Å². The van der Waals surface area contributed by atoms with Gasteiger partial charge in [-0.05, 0) is 49.2 Å². The Labute approximate surface area is 238 Å². The standard InChI is InChI=1S/C30H35N3O6S/c1-36-25-13-7-14-26(37-2)29(25)30(34)32-18-27(38-3)28(19-32)39-22-10-6-9-21(17-22)20-40(35)33-16-8-12-24(33)23-11-4-5-15-31-23/h4-7,9-11,13-15,17,24,27-28H,8,12,16,18-20H2,1-3H3. The Hall–Kier alpha value is -3.31. The van der Waals surface area contributed by atoms with Crippen molar-refractivity contribution >= 4 is 17.3 Å². The third kappa shape index (κ3) is 6.05. The van der Waals surface area contributed by atoms with E-state index in [0.29, 0.717) is 41.7 Å². The summed E-state index contributed by atoms with van der Waals surface area (Å²) in [6, 6.07) is 18.9. The highest BCUT2D eigenvalue weighted by molar-refractivity contribution is 7.88. The van der Waals surface area contributed by atoms with Crippen LogP contribution in [0.5, 0.6) is 17.2 Å². The molecule has 5 rings (SSSR count). The van der Waals surface area contributed by atoms with Crippen molar-refractivity contribution in [3.05, 3.63) is 83.7 Å². The number of hydrogen-bond donors (Lipinski definition) is 0. The van der Waals surface area contributed by atoms with Gasteiger partial charge >= 0.3 is 0 Å². The summed E-state index contributed by atoms with van der Waals surface area (Å²) in [7, 11) is 4.68. The first-order chi connectivity index (χ1) is 19.5. The van der Waals surface area contributed by atoms with Gasteiger partial charge in [-0.3, -0.25) is 9.78 Å². The lowest BCUT2D eigenvalue weighted by Gasteiger charge is -2.26. The molecule has 0 bridgehead atoms. The Kier molecular flexibility index (Phi) is 9.11. The van der Waals surface area contributed by atoms with Gasteiger partial charge in [0.2, 0.25) is 0 Å². The minimum absolute atomic E-state index is 0.0628. The van der Waals surface area contributed by atoms with E-state index >= 15 is 0 Å². The van der Waals surface area contributed by atoms with E-state index in [1.54, 1.807) is 36.4 Å². The molecule has 40 heavy (non-hydrogen) atoms. The van der Waals surface area contributed by atoms with Crippen molar-refractivity contribution < 1.29 is 28.3 Å². The maximum Gasteiger partial charge on any atom is 0.261 e. The highest BCUT2D eigenvalue weighted by Gasteiger charge is 2.39. The molecule has 2 aliphatic heterocycles. The molecule has 212 valence electrons. The lowest BCUT2D eigenvalue weighted by Crippen LogP contribution is -2.32. The Morgan fingerprint density at radius 1 is 1.00 bits per heavy atom. The van der Waals surface area contributed by atoms with Crippen LogP contribution >= 0.6 is 0 Å². The van der Waals surface area contributed by atoms with E-state index in [2.05, 4.69) is 4.98 Å². The normalized spacial score (nSPS) is 21.8. The van der Waals surface area contributed by atoms with Crippen molar-refractivity contribution in [3.8, 4) is 17.2 Å². The molecule has 1 amide bonds. The molecule has 0 N–H and O–H groups in total. The van der Waals surface area contributed by atoms with Gasteiger partial charge < -0.3 is 28.4 Å². The van der Waals surface area contributed by atoms with Gasteiger partial charge in [0.05, 0.1) is 39.0 Å². The summed E-state index contributed by atoms with van der Waals surface area (Å²) in [6.45, 7) is 1.49. The molecule has 0 aliphatic carbocycles. The second-order valence-corrected chi connectivity index (χ2v) is 11.2. The average Bonchev–Trinajstić information content (AvgIpc) is 3.64. The van der Waals surface area contributed by atoms with Crippen LogP contribution in [-0.4, -0.2) is 77.8 Å². The highest BCUT2D eigenvalue weighted by Crippen LogP contribution is 2.35. The van der Waals surface area contributed by atoms with Gasteiger partial charge in [-0.1, -0.05) is 24.3 Å². The molecule has 0 saturated carbocycles. The predicted octanol–water partition coefficient (Wildman–Crippen LogP) is 4.02. The van der Waals surface area contributed by atoms with Crippen molar-refractivity contribution in [2.24, 2.45) is 0 Å². The minimum atomic E-state index is -1.20. The topological polar surface area (TPSA) is 96.4 Å². The van der Waals surface area contributed by atoms with Crippen LogP contribution in [0, 0.1) is 0 Å². The quantitative estimate of drug-likeness (QED) is 0.340. The smallest absolute Gasteiger partial charge is 0.261 e. The van der Waals surface area contributed by atoms with Gasteiger partial charge in [-0.15, -0.1) is 4.31 Å². The number of benzene rings is 2. The minimum Gasteiger partial charge on any atom is -0.598 e. The van der Waals surface area contributed by atoms with Crippen LogP contribution in [-0.2, 0) is 21.9 Å². The fraction of sp³-hybridized carbons (Fsp3) is 0.400. The van der Waals surface area contributed by atoms with Gasteiger partial charge in [0.1, 0.15) is 35.0 Å². The molecule has 0 spiro atoms. The Morgan fingerprint density at radius 2 is 1.75 bits per heavy atom. The highest BCUT2D eigenvalue weighted by atomic mass is 32.2. The summed E-state index contributed by atoms with van der Waals surface area (Å²) in [5.74, 6) is 1.73. The molecule has 2 aliphatic rings. The van der Waals surface area contributed by atoms with Crippen molar-refractivity contribution in [1.82, 2.24) is 14.2 Å². The first kappa shape index (κ1) is 28.2. The summed E-state index contributed by atoms with van der Waals surface area (Å²) in [6.07, 6.45) is 3.04. The second-order valence-electron chi connectivity index (χ2n) is 9.84. The Morgan fingerprint density at radius 3 is 2.45 bits per heavy atom. The molecule has 3 heterocycles. The van der Waals surface area contributed by atoms with E-state index < -0.39 is 11.4 Å². The number of pyridine rings is 1. The van der Waals surface area contributed by atoms with E-state index in [1.807, 2.05) is 46.8 Å². The monoisotopic (exact) mass is 565 g/mol. The number of aromatic nitrogens is 1. The summed E-state index contributed by atoms with van der Waals surface area (Å²) in [5.41, 5.74) is 2.25. The number of hydrogen-bond acceptors (Lipinski definition) is 8. The van der Waals surface area contributed by atoms with Gasteiger partial charge in [0.25, 0.3) is 5.91 Å². The maximum atomic E-state index is 13.5. The van der Waals surface area contributed by atoms with Crippen LogP contribution in [0.1, 0.15) is 40.5 Å². The number of methoxy groups -OCH3 is 3. The first-order valence-corrected chi connectivity index (χ1v) is 14.6. The van der Waals surface area contributed by atoms with Crippen LogP contribution in [0.15, 0.2) is 66.9 Å². The van der Waals surface area contributed by atoms with Crippen molar-refractivity contribution in [2.75, 3.05) is 41.0 Å². The number of carbonyl (C=O) groups excluding carboxylic acids is 1. The average molecular weight is 566 g/mol. The third-order valence-electron chi connectivity index (χ3n) is 7.42. The number of ether oxygens (including phenoxy) is 4. The number of rotatable bonds is 10. The second kappa shape index (κ2) is 12.9. The molecule has 1 aromatic heterocycles. The molecule has 3 aromatic rings. The van der Waals surface area contributed by atoms with Gasteiger partial charge in [-0.2, -0.15) is 0 Å². The van der Waals surface area contributed by atoms with Crippen LogP contribution in [0.3, 0.4) is 0 Å². The predicted molar refractivity (Wildman–Crippen MR) is 152 cm³/mol. The summed E-state index contributed by atoms with van der Waals surface area (Å²) >= 11 is -1.20. The zero-order chi connectivity index (χ0) is 28.1. The molecule has 2 aromatic carbocycles. The van der Waals surface area contributed by atoms with E-state index in [0.717, 1.165) is 30.6 Å². The van der Waals surface area contributed by atoms with Gasteiger partial charge in [0, 0.05) is 36.8 Å². The largest absolute Gasteiger partial charge is 0.598 e. The molecule has 4 unspecified atom stereocenters. The van der Waals surface area contributed by atoms with E-state index in [4.69, 9.17) is 18.9 Å². The lowest BCUT2D eigenvalue weighted by atomic mass is 10.1. The van der Waals surface area contributed by atoms with E-state index in [-0.39, 0.29) is 24.2 Å². The Bertz CT molecular complexity index is 1270. The van der Waals surface area contributed by atoms with Crippen LogP contribution in [0.25, 0.3) is 0 Å². The van der Waals surface area contributed by atoms with E-state index in [1.165, 1.54) is 14.2 Å². The SMILES string of the molecule is COc1cccc(OC)c1C(=O)N1CC(OC)C(Oc2cccc(C[S+]([O-])N3CCCC3c3ccccn3)c2)C1. The summed E-state index contributed by atoms with van der Waals surface area (Å²) in [4.78, 5) is 19.7. The summed E-state index contributed by atoms with van der Waals surface area (Å²) < 4.78 is 38.4. The molecular weight excluding hydrogens is 530 g/mol. The molecule has 9 nitrogen and oxygen atoms in total. The molecule has 4 atom stereocenters. The van der Waals surface area contributed by atoms with Crippen LogP contribution < -0.4 is 14.2 Å². The van der Waals surface area contributed by atoms with Crippen molar-refractivity contribution in [1.29, 1.82) is 0 Å².